The number of aryl methyl sites for hydroxylation is 1. The Morgan fingerprint density at radius 3 is 2.45 bits per heavy atom. The molecule has 0 aliphatic carbocycles. The first-order valence-electron chi connectivity index (χ1n) is 9.87. The number of sulfonamides is 1. The number of para-hydroxylation sites is 1. The Hall–Kier alpha value is -2.87. The van der Waals surface area contributed by atoms with E-state index in [0.29, 0.717) is 27.9 Å². The normalized spacial score (nSPS) is 13.8. The van der Waals surface area contributed by atoms with Gasteiger partial charge in [-0.15, -0.1) is 11.8 Å². The minimum atomic E-state index is -3.81. The number of hydrogen-bond acceptors (Lipinski definition) is 5. The third-order valence-corrected chi connectivity index (χ3v) is 7.57. The van der Waals surface area contributed by atoms with Crippen molar-refractivity contribution in [2.24, 2.45) is 5.14 Å². The van der Waals surface area contributed by atoms with Gasteiger partial charge in [0.2, 0.25) is 15.5 Å². The molecule has 0 radical (unpaired) electrons. The molecule has 0 bridgehead atoms. The van der Waals surface area contributed by atoms with Crippen LogP contribution in [0.15, 0.2) is 85.7 Å². The van der Waals surface area contributed by atoms with Gasteiger partial charge in [-0.3, -0.25) is 4.79 Å². The van der Waals surface area contributed by atoms with Crippen LogP contribution < -0.4 is 10.6 Å². The molecule has 2 heterocycles. The van der Waals surface area contributed by atoms with Gasteiger partial charge in [-0.05, 0) is 78.3 Å². The Morgan fingerprint density at radius 2 is 1.68 bits per heavy atom. The molecule has 1 aliphatic rings. The van der Waals surface area contributed by atoms with Crippen LogP contribution in [-0.2, 0) is 16.4 Å². The first-order chi connectivity index (χ1) is 14.9. The van der Waals surface area contributed by atoms with Crippen molar-refractivity contribution >= 4 is 32.8 Å². The van der Waals surface area contributed by atoms with Crippen molar-refractivity contribution in [1.82, 2.24) is 0 Å². The Bertz CT molecular complexity index is 1470. The minimum absolute atomic E-state index is 0.00624. The molecular formula is C24H19NO4S2. The van der Waals surface area contributed by atoms with Gasteiger partial charge in [-0.2, -0.15) is 0 Å². The number of benzene rings is 3. The quantitative estimate of drug-likeness (QED) is 0.485. The second kappa shape index (κ2) is 7.67. The molecule has 0 unspecified atom stereocenters. The van der Waals surface area contributed by atoms with Gasteiger partial charge in [0.1, 0.15) is 11.3 Å². The zero-order valence-corrected chi connectivity index (χ0v) is 18.1. The molecule has 156 valence electrons. The first-order valence-corrected chi connectivity index (χ1v) is 12.4. The Labute approximate surface area is 184 Å². The lowest BCUT2D eigenvalue weighted by atomic mass is 9.96. The van der Waals surface area contributed by atoms with Crippen molar-refractivity contribution in [1.29, 1.82) is 0 Å². The average Bonchev–Trinajstić information content (AvgIpc) is 2.78. The molecular weight excluding hydrogens is 430 g/mol. The van der Waals surface area contributed by atoms with Crippen LogP contribution in [0.1, 0.15) is 12.0 Å². The maximum Gasteiger partial charge on any atom is 0.238 e. The Morgan fingerprint density at radius 1 is 0.935 bits per heavy atom. The number of thioether (sulfide) groups is 1. The summed E-state index contributed by atoms with van der Waals surface area (Å²) in [6.07, 6.45) is 2.09. The second-order valence-electron chi connectivity index (χ2n) is 7.48. The number of primary sulfonamides is 1. The minimum Gasteiger partial charge on any atom is -0.455 e. The van der Waals surface area contributed by atoms with Gasteiger partial charge in [0.15, 0.2) is 0 Å². The number of rotatable bonds is 3. The van der Waals surface area contributed by atoms with Crippen molar-refractivity contribution in [3.8, 4) is 22.5 Å². The van der Waals surface area contributed by atoms with Crippen LogP contribution >= 0.6 is 11.8 Å². The molecule has 31 heavy (non-hydrogen) atoms. The van der Waals surface area contributed by atoms with E-state index >= 15 is 0 Å². The highest BCUT2D eigenvalue weighted by molar-refractivity contribution is 7.99. The Balaban J connectivity index is 1.77. The van der Waals surface area contributed by atoms with Crippen LogP contribution in [0.5, 0.6) is 0 Å². The van der Waals surface area contributed by atoms with E-state index in [-0.39, 0.29) is 10.3 Å². The average molecular weight is 450 g/mol. The van der Waals surface area contributed by atoms with E-state index in [1.807, 2.05) is 30.0 Å². The fourth-order valence-electron chi connectivity index (χ4n) is 3.92. The van der Waals surface area contributed by atoms with Crippen LogP contribution in [-0.4, -0.2) is 14.2 Å². The molecule has 0 saturated carbocycles. The van der Waals surface area contributed by atoms with Gasteiger partial charge in [0, 0.05) is 10.5 Å². The van der Waals surface area contributed by atoms with E-state index in [4.69, 9.17) is 9.56 Å². The summed E-state index contributed by atoms with van der Waals surface area (Å²) in [5, 5.41) is 5.74. The van der Waals surface area contributed by atoms with Gasteiger partial charge < -0.3 is 4.42 Å². The molecule has 0 amide bonds. The fourth-order valence-corrected chi connectivity index (χ4v) is 5.45. The summed E-state index contributed by atoms with van der Waals surface area (Å²) < 4.78 is 29.5. The fraction of sp³-hybridized carbons (Fsp3) is 0.125. The third-order valence-electron chi connectivity index (χ3n) is 5.44. The van der Waals surface area contributed by atoms with E-state index in [1.54, 1.807) is 24.3 Å². The second-order valence-corrected chi connectivity index (χ2v) is 10.2. The number of hydrogen-bond donors (Lipinski definition) is 1. The lowest BCUT2D eigenvalue weighted by molar-refractivity contribution is 0.597. The van der Waals surface area contributed by atoms with E-state index < -0.39 is 10.0 Å². The van der Waals surface area contributed by atoms with Gasteiger partial charge in [-0.25, -0.2) is 13.6 Å². The van der Waals surface area contributed by atoms with Crippen molar-refractivity contribution in [3.63, 3.8) is 0 Å². The number of nitrogens with two attached hydrogens (primary N) is 1. The van der Waals surface area contributed by atoms with E-state index in [1.165, 1.54) is 22.6 Å². The van der Waals surface area contributed by atoms with Crippen LogP contribution in [0.25, 0.3) is 33.4 Å². The summed E-state index contributed by atoms with van der Waals surface area (Å²) in [4.78, 5) is 14.8. The lowest BCUT2D eigenvalue weighted by Gasteiger charge is -2.17. The first kappa shape index (κ1) is 20.1. The number of fused-ring (bicyclic) bond motifs is 2. The largest absolute Gasteiger partial charge is 0.455 e. The van der Waals surface area contributed by atoms with E-state index in [2.05, 4.69) is 12.1 Å². The molecule has 0 spiro atoms. The molecule has 0 atom stereocenters. The zero-order chi connectivity index (χ0) is 21.6. The molecule has 7 heteroatoms. The van der Waals surface area contributed by atoms with Gasteiger partial charge in [-0.1, -0.05) is 18.2 Å². The predicted molar refractivity (Wildman–Crippen MR) is 124 cm³/mol. The van der Waals surface area contributed by atoms with E-state index in [0.717, 1.165) is 24.2 Å². The molecule has 3 aromatic carbocycles. The maximum atomic E-state index is 13.5. The Kier molecular flexibility index (Phi) is 4.97. The van der Waals surface area contributed by atoms with Gasteiger partial charge >= 0.3 is 0 Å². The van der Waals surface area contributed by atoms with Crippen molar-refractivity contribution in [2.45, 2.75) is 22.6 Å². The summed E-state index contributed by atoms with van der Waals surface area (Å²) in [6.45, 7) is 0. The molecule has 5 rings (SSSR count). The van der Waals surface area contributed by atoms with Crippen molar-refractivity contribution in [3.05, 3.63) is 82.5 Å². The van der Waals surface area contributed by atoms with Crippen LogP contribution in [0.4, 0.5) is 0 Å². The summed E-state index contributed by atoms with van der Waals surface area (Å²) in [5.74, 6) is 1.51. The smallest absolute Gasteiger partial charge is 0.238 e. The summed E-state index contributed by atoms with van der Waals surface area (Å²) in [6, 6.07) is 19.3. The van der Waals surface area contributed by atoms with Crippen molar-refractivity contribution < 1.29 is 12.8 Å². The third kappa shape index (κ3) is 3.69. The standard InChI is InChI=1S/C24H19NO4S2/c25-31(27,28)18-10-7-15(8-11-18)24-22(23(26)19-5-1-2-6-20(19)29-24)17-9-12-21-16(14-17)4-3-13-30-21/h1-2,5-12,14H,3-4,13H2,(H2,25,27,28). The van der Waals surface area contributed by atoms with Crippen molar-refractivity contribution in [2.75, 3.05) is 5.75 Å². The SMILES string of the molecule is NS(=O)(=O)c1ccc(-c2oc3ccccc3c(=O)c2-c2ccc3c(c2)CCCS3)cc1. The monoisotopic (exact) mass is 449 g/mol. The summed E-state index contributed by atoms with van der Waals surface area (Å²) in [5.41, 5.74) is 3.48. The summed E-state index contributed by atoms with van der Waals surface area (Å²) >= 11 is 1.83. The molecule has 1 aromatic heterocycles. The predicted octanol–water partition coefficient (Wildman–Crippen LogP) is 4.81. The van der Waals surface area contributed by atoms with Gasteiger partial charge in [0.25, 0.3) is 0 Å². The summed E-state index contributed by atoms with van der Waals surface area (Å²) in [7, 11) is -3.81. The molecule has 2 N–H and O–H groups in total. The van der Waals surface area contributed by atoms with Gasteiger partial charge in [0.05, 0.1) is 15.8 Å². The van der Waals surface area contributed by atoms with Crippen LogP contribution in [0, 0.1) is 0 Å². The molecule has 0 fully saturated rings. The zero-order valence-electron chi connectivity index (χ0n) is 16.5. The van der Waals surface area contributed by atoms with Crippen LogP contribution in [0.2, 0.25) is 0 Å². The highest BCUT2D eigenvalue weighted by Gasteiger charge is 2.20. The van der Waals surface area contributed by atoms with Crippen LogP contribution in [0.3, 0.4) is 0 Å². The highest BCUT2D eigenvalue weighted by Crippen LogP contribution is 2.37. The highest BCUT2D eigenvalue weighted by atomic mass is 32.2. The molecule has 0 saturated heterocycles. The lowest BCUT2D eigenvalue weighted by Crippen LogP contribution is -2.12. The topological polar surface area (TPSA) is 90.4 Å². The molecule has 1 aliphatic heterocycles. The molecule has 4 aromatic rings. The molecule has 5 nitrogen and oxygen atoms in total. The van der Waals surface area contributed by atoms with E-state index in [9.17, 15) is 13.2 Å². The maximum absolute atomic E-state index is 13.5.